The van der Waals surface area contributed by atoms with Gasteiger partial charge in [-0.25, -0.2) is 0 Å². The molecule has 0 aromatic rings. The number of rotatable bonds is 5. The molecule has 0 aromatic heterocycles. The molecular weight excluding hydrogens is 279 g/mol. The summed E-state index contributed by atoms with van der Waals surface area (Å²) < 4.78 is 44.4. The highest BCUT2D eigenvalue weighted by molar-refractivity contribution is 5.06. The van der Waals surface area contributed by atoms with Crippen molar-refractivity contribution in [1.29, 1.82) is 0 Å². The smallest absolute Gasteiger partial charge is 0.378 e. The molecule has 2 aliphatic carbocycles. The van der Waals surface area contributed by atoms with Crippen molar-refractivity contribution in [1.82, 2.24) is 5.32 Å². The standard InChI is InChI=1S/C16H28F3NO/c1-4-15(3)13(10-14(15)21-5-2)20-12-8-6-7-11(9-12)16(17,18)19/h11-14,20H,4-10H2,1-3H3. The van der Waals surface area contributed by atoms with Crippen molar-refractivity contribution < 1.29 is 17.9 Å². The van der Waals surface area contributed by atoms with Crippen molar-refractivity contribution in [3.63, 3.8) is 0 Å². The van der Waals surface area contributed by atoms with E-state index in [1.807, 2.05) is 6.92 Å². The summed E-state index contributed by atoms with van der Waals surface area (Å²) in [4.78, 5) is 0. The molecule has 2 aliphatic rings. The molecular formula is C16H28F3NO. The van der Waals surface area contributed by atoms with Crippen molar-refractivity contribution in [2.45, 2.75) is 83.7 Å². The molecule has 0 heterocycles. The average molecular weight is 307 g/mol. The van der Waals surface area contributed by atoms with Crippen LogP contribution in [-0.2, 0) is 4.74 Å². The normalized spacial score (nSPS) is 40.9. The number of nitrogens with one attached hydrogen (secondary N) is 1. The highest BCUT2D eigenvalue weighted by Gasteiger charge is 2.52. The molecule has 0 spiro atoms. The Hall–Kier alpha value is -0.290. The quantitative estimate of drug-likeness (QED) is 0.818. The van der Waals surface area contributed by atoms with Crippen LogP contribution in [0.5, 0.6) is 0 Å². The van der Waals surface area contributed by atoms with Crippen LogP contribution in [0.15, 0.2) is 0 Å². The molecule has 0 aromatic carbocycles. The van der Waals surface area contributed by atoms with Gasteiger partial charge in [-0.3, -0.25) is 0 Å². The fourth-order valence-electron chi connectivity index (χ4n) is 3.93. The first-order chi connectivity index (χ1) is 9.81. The van der Waals surface area contributed by atoms with Crippen LogP contribution in [0.3, 0.4) is 0 Å². The molecule has 2 fully saturated rings. The van der Waals surface area contributed by atoms with Gasteiger partial charge >= 0.3 is 6.18 Å². The Bertz CT molecular complexity index is 347. The highest BCUT2D eigenvalue weighted by Crippen LogP contribution is 2.47. The minimum atomic E-state index is -4.04. The van der Waals surface area contributed by atoms with Crippen molar-refractivity contribution in [3.05, 3.63) is 0 Å². The van der Waals surface area contributed by atoms with E-state index in [-0.39, 0.29) is 30.0 Å². The molecule has 0 radical (unpaired) electrons. The van der Waals surface area contributed by atoms with E-state index in [9.17, 15) is 13.2 Å². The third-order valence-electron chi connectivity index (χ3n) is 5.69. The van der Waals surface area contributed by atoms with Crippen LogP contribution in [0.1, 0.15) is 59.3 Å². The van der Waals surface area contributed by atoms with Gasteiger partial charge in [0.15, 0.2) is 0 Å². The second-order valence-electron chi connectivity index (χ2n) is 6.86. The van der Waals surface area contributed by atoms with Gasteiger partial charge in [0.25, 0.3) is 0 Å². The molecule has 21 heavy (non-hydrogen) atoms. The summed E-state index contributed by atoms with van der Waals surface area (Å²) in [5, 5.41) is 3.51. The molecule has 124 valence electrons. The van der Waals surface area contributed by atoms with Gasteiger partial charge in [0.2, 0.25) is 0 Å². The molecule has 5 atom stereocenters. The second kappa shape index (κ2) is 6.45. The molecule has 2 saturated carbocycles. The van der Waals surface area contributed by atoms with E-state index in [0.717, 1.165) is 19.3 Å². The molecule has 1 N–H and O–H groups in total. The maximum Gasteiger partial charge on any atom is 0.391 e. The zero-order valence-electron chi connectivity index (χ0n) is 13.3. The lowest BCUT2D eigenvalue weighted by Crippen LogP contribution is -2.64. The number of ether oxygens (including phenoxy) is 1. The first-order valence-corrected chi connectivity index (χ1v) is 8.25. The van der Waals surface area contributed by atoms with E-state index < -0.39 is 12.1 Å². The van der Waals surface area contributed by atoms with E-state index in [0.29, 0.717) is 19.4 Å². The van der Waals surface area contributed by atoms with Crippen LogP contribution in [0.2, 0.25) is 0 Å². The predicted molar refractivity (Wildman–Crippen MR) is 77.2 cm³/mol. The first-order valence-electron chi connectivity index (χ1n) is 8.25. The molecule has 2 rings (SSSR count). The summed E-state index contributed by atoms with van der Waals surface area (Å²) >= 11 is 0. The number of alkyl halides is 3. The maximum absolute atomic E-state index is 12.9. The first kappa shape index (κ1) is 17.1. The lowest BCUT2D eigenvalue weighted by molar-refractivity contribution is -0.185. The van der Waals surface area contributed by atoms with Gasteiger partial charge in [-0.05, 0) is 39.0 Å². The lowest BCUT2D eigenvalue weighted by Gasteiger charge is -2.55. The molecule has 0 amide bonds. The highest BCUT2D eigenvalue weighted by atomic mass is 19.4. The van der Waals surface area contributed by atoms with Crippen LogP contribution in [0, 0.1) is 11.3 Å². The third-order valence-corrected chi connectivity index (χ3v) is 5.69. The average Bonchev–Trinajstić information content (AvgIpc) is 2.44. The zero-order valence-corrected chi connectivity index (χ0v) is 13.3. The fraction of sp³-hybridized carbons (Fsp3) is 1.00. The summed E-state index contributed by atoms with van der Waals surface area (Å²) in [6.07, 6.45) is 0.178. The van der Waals surface area contributed by atoms with Crippen molar-refractivity contribution in [3.8, 4) is 0 Å². The van der Waals surface area contributed by atoms with E-state index >= 15 is 0 Å². The van der Waals surface area contributed by atoms with Gasteiger partial charge in [-0.1, -0.05) is 20.3 Å². The van der Waals surface area contributed by atoms with Crippen molar-refractivity contribution in [2.24, 2.45) is 11.3 Å². The lowest BCUT2D eigenvalue weighted by atomic mass is 9.61. The Kier molecular flexibility index (Phi) is 5.24. The molecule has 0 saturated heterocycles. The van der Waals surface area contributed by atoms with E-state index in [1.54, 1.807) is 0 Å². The van der Waals surface area contributed by atoms with Crippen LogP contribution in [0.4, 0.5) is 13.2 Å². The topological polar surface area (TPSA) is 21.3 Å². The van der Waals surface area contributed by atoms with Gasteiger partial charge < -0.3 is 10.1 Å². The Balaban J connectivity index is 1.90. The van der Waals surface area contributed by atoms with Crippen molar-refractivity contribution in [2.75, 3.05) is 6.61 Å². The SMILES string of the molecule is CCOC1CC(NC2CCCC(C(F)(F)F)C2)C1(C)CC. The summed E-state index contributed by atoms with van der Waals surface area (Å²) in [5.41, 5.74) is 0.0567. The molecule has 0 bridgehead atoms. The minimum Gasteiger partial charge on any atom is -0.378 e. The predicted octanol–water partition coefficient (Wildman–Crippen LogP) is 4.29. The largest absolute Gasteiger partial charge is 0.391 e. The van der Waals surface area contributed by atoms with Gasteiger partial charge in [0.05, 0.1) is 12.0 Å². The van der Waals surface area contributed by atoms with E-state index in [2.05, 4.69) is 19.2 Å². The van der Waals surface area contributed by atoms with Gasteiger partial charge in [0, 0.05) is 24.1 Å². The van der Waals surface area contributed by atoms with Gasteiger partial charge in [-0.2, -0.15) is 13.2 Å². The number of hydrogen-bond donors (Lipinski definition) is 1. The summed E-state index contributed by atoms with van der Waals surface area (Å²) in [7, 11) is 0. The molecule has 2 nitrogen and oxygen atoms in total. The number of hydrogen-bond acceptors (Lipinski definition) is 2. The van der Waals surface area contributed by atoms with E-state index in [4.69, 9.17) is 4.74 Å². The summed E-state index contributed by atoms with van der Waals surface area (Å²) in [6.45, 7) is 7.02. The Morgan fingerprint density at radius 2 is 1.90 bits per heavy atom. The Labute approximate surface area is 125 Å². The van der Waals surface area contributed by atoms with Crippen LogP contribution in [0.25, 0.3) is 0 Å². The zero-order chi connectivity index (χ0) is 15.7. The Morgan fingerprint density at radius 3 is 2.48 bits per heavy atom. The van der Waals surface area contributed by atoms with Gasteiger partial charge in [-0.15, -0.1) is 0 Å². The van der Waals surface area contributed by atoms with Crippen LogP contribution < -0.4 is 5.32 Å². The Morgan fingerprint density at radius 1 is 1.19 bits per heavy atom. The molecule has 0 aliphatic heterocycles. The fourth-order valence-corrected chi connectivity index (χ4v) is 3.93. The maximum atomic E-state index is 12.9. The molecule has 5 heteroatoms. The summed E-state index contributed by atoms with van der Waals surface area (Å²) in [6, 6.07) is 0.292. The van der Waals surface area contributed by atoms with Gasteiger partial charge in [0.1, 0.15) is 0 Å². The second-order valence-corrected chi connectivity index (χ2v) is 6.86. The van der Waals surface area contributed by atoms with Crippen LogP contribution >= 0.6 is 0 Å². The van der Waals surface area contributed by atoms with Crippen LogP contribution in [-0.4, -0.2) is 31.0 Å². The van der Waals surface area contributed by atoms with E-state index in [1.165, 1.54) is 0 Å². The third kappa shape index (κ3) is 3.55. The molecule has 5 unspecified atom stereocenters. The summed E-state index contributed by atoms with van der Waals surface area (Å²) in [5.74, 6) is -1.13. The minimum absolute atomic E-state index is 0.00354. The van der Waals surface area contributed by atoms with Crippen molar-refractivity contribution >= 4 is 0 Å². The number of halogens is 3. The monoisotopic (exact) mass is 307 g/mol.